The molecule has 0 heterocycles. The molecular formula is C18H27N. The Morgan fingerprint density at radius 2 is 2.05 bits per heavy atom. The topological polar surface area (TPSA) is 12.0 Å². The van der Waals surface area contributed by atoms with Gasteiger partial charge in [-0.2, -0.15) is 0 Å². The highest BCUT2D eigenvalue weighted by molar-refractivity contribution is 5.36. The van der Waals surface area contributed by atoms with Crippen molar-refractivity contribution in [1.82, 2.24) is 5.32 Å². The molecular weight excluding hydrogens is 230 g/mol. The van der Waals surface area contributed by atoms with Gasteiger partial charge in [0.15, 0.2) is 0 Å². The number of fused-ring (bicyclic) bond motifs is 1. The molecule has 1 aromatic carbocycles. The molecule has 104 valence electrons. The molecule has 1 aromatic rings. The van der Waals surface area contributed by atoms with Gasteiger partial charge >= 0.3 is 0 Å². The molecule has 0 radical (unpaired) electrons. The van der Waals surface area contributed by atoms with Crippen LogP contribution in [-0.4, -0.2) is 13.1 Å². The van der Waals surface area contributed by atoms with Crippen molar-refractivity contribution >= 4 is 0 Å². The molecule has 1 aliphatic carbocycles. The summed E-state index contributed by atoms with van der Waals surface area (Å²) in [6, 6.07) is 7.08. The quantitative estimate of drug-likeness (QED) is 0.574. The molecule has 0 saturated heterocycles. The monoisotopic (exact) mass is 257 g/mol. The fourth-order valence-corrected chi connectivity index (χ4v) is 2.85. The van der Waals surface area contributed by atoms with E-state index in [0.717, 1.165) is 25.9 Å². The molecule has 2 rings (SSSR count). The summed E-state index contributed by atoms with van der Waals surface area (Å²) < 4.78 is 0. The molecule has 1 aliphatic rings. The number of nitrogens with one attached hydrogen (secondary N) is 1. The molecule has 19 heavy (non-hydrogen) atoms. The molecule has 0 unspecified atom stereocenters. The van der Waals surface area contributed by atoms with Crippen molar-refractivity contribution in [3.63, 3.8) is 0 Å². The van der Waals surface area contributed by atoms with Crippen LogP contribution in [-0.2, 0) is 19.3 Å². The summed E-state index contributed by atoms with van der Waals surface area (Å²) in [7, 11) is 0. The number of aryl methyl sites for hydroxylation is 2. The van der Waals surface area contributed by atoms with Gasteiger partial charge in [-0.15, -0.1) is 0 Å². The second kappa shape index (κ2) is 7.49. The van der Waals surface area contributed by atoms with Gasteiger partial charge in [-0.25, -0.2) is 0 Å². The zero-order valence-electron chi connectivity index (χ0n) is 12.5. The van der Waals surface area contributed by atoms with Crippen LogP contribution in [0.15, 0.2) is 29.8 Å². The van der Waals surface area contributed by atoms with Crippen molar-refractivity contribution in [3.8, 4) is 0 Å². The van der Waals surface area contributed by atoms with Gasteiger partial charge in [-0.3, -0.25) is 0 Å². The van der Waals surface area contributed by atoms with Gasteiger partial charge in [0.25, 0.3) is 0 Å². The van der Waals surface area contributed by atoms with Crippen LogP contribution in [0, 0.1) is 0 Å². The van der Waals surface area contributed by atoms with Crippen LogP contribution < -0.4 is 5.32 Å². The summed E-state index contributed by atoms with van der Waals surface area (Å²) in [5, 5.41) is 3.44. The van der Waals surface area contributed by atoms with Crippen molar-refractivity contribution in [2.45, 2.75) is 52.4 Å². The predicted octanol–water partition coefficient (Wildman–Crippen LogP) is 4.05. The van der Waals surface area contributed by atoms with Crippen molar-refractivity contribution in [2.75, 3.05) is 13.1 Å². The Morgan fingerprint density at radius 3 is 2.89 bits per heavy atom. The number of hydrogen-bond acceptors (Lipinski definition) is 1. The van der Waals surface area contributed by atoms with Crippen LogP contribution in [0.1, 0.15) is 49.8 Å². The van der Waals surface area contributed by atoms with Gasteiger partial charge in [0.2, 0.25) is 0 Å². The highest BCUT2D eigenvalue weighted by Crippen LogP contribution is 2.23. The number of rotatable bonds is 7. The molecule has 0 aliphatic heterocycles. The lowest BCUT2D eigenvalue weighted by atomic mass is 10.0. The summed E-state index contributed by atoms with van der Waals surface area (Å²) in [5.41, 5.74) is 6.15. The molecule has 0 atom stereocenters. The van der Waals surface area contributed by atoms with Crippen LogP contribution >= 0.6 is 0 Å². The van der Waals surface area contributed by atoms with Crippen LogP contribution in [0.4, 0.5) is 0 Å². The SMILES string of the molecule is CCCNCCC=C(C)Cc1ccc2c(c1)CCC2. The first-order valence-electron chi connectivity index (χ1n) is 7.76. The first kappa shape index (κ1) is 14.3. The van der Waals surface area contributed by atoms with Gasteiger partial charge in [-0.1, -0.05) is 36.8 Å². The summed E-state index contributed by atoms with van der Waals surface area (Å²) in [4.78, 5) is 0. The molecule has 0 saturated carbocycles. The Morgan fingerprint density at radius 1 is 1.21 bits per heavy atom. The first-order valence-corrected chi connectivity index (χ1v) is 7.76. The van der Waals surface area contributed by atoms with Crippen LogP contribution in [0.3, 0.4) is 0 Å². The van der Waals surface area contributed by atoms with Gasteiger partial charge in [0.05, 0.1) is 0 Å². The summed E-state index contributed by atoms with van der Waals surface area (Å²) in [5.74, 6) is 0. The zero-order valence-corrected chi connectivity index (χ0v) is 12.5. The molecule has 1 heteroatoms. The van der Waals surface area contributed by atoms with E-state index in [4.69, 9.17) is 0 Å². The Balaban J connectivity index is 1.81. The Kier molecular flexibility index (Phi) is 5.65. The van der Waals surface area contributed by atoms with Gasteiger partial charge in [0.1, 0.15) is 0 Å². The third kappa shape index (κ3) is 4.50. The maximum absolute atomic E-state index is 3.44. The molecule has 0 spiro atoms. The Labute approximate surface area is 118 Å². The summed E-state index contributed by atoms with van der Waals surface area (Å²) in [6.07, 6.45) is 9.78. The van der Waals surface area contributed by atoms with E-state index in [1.807, 2.05) is 0 Å². The lowest BCUT2D eigenvalue weighted by Crippen LogP contribution is -2.15. The van der Waals surface area contributed by atoms with E-state index in [1.165, 1.54) is 36.8 Å². The molecule has 0 fully saturated rings. The highest BCUT2D eigenvalue weighted by atomic mass is 14.8. The minimum absolute atomic E-state index is 1.11. The molecule has 0 amide bonds. The van der Waals surface area contributed by atoms with Gasteiger partial charge in [0, 0.05) is 0 Å². The van der Waals surface area contributed by atoms with Crippen LogP contribution in [0.2, 0.25) is 0 Å². The second-order valence-electron chi connectivity index (χ2n) is 5.72. The standard InChI is InChI=1S/C18H27N/c1-3-11-19-12-5-6-15(2)13-16-9-10-17-7-4-8-18(17)14-16/h6,9-10,14,19H,3-5,7-8,11-13H2,1-2H3. The lowest BCUT2D eigenvalue weighted by molar-refractivity contribution is 0.677. The van der Waals surface area contributed by atoms with Crippen molar-refractivity contribution < 1.29 is 0 Å². The predicted molar refractivity (Wildman–Crippen MR) is 83.7 cm³/mol. The molecule has 0 aromatic heterocycles. The highest BCUT2D eigenvalue weighted by Gasteiger charge is 2.10. The number of benzene rings is 1. The average Bonchev–Trinajstić information content (AvgIpc) is 2.86. The maximum Gasteiger partial charge on any atom is -0.00142 e. The molecule has 1 N–H and O–H groups in total. The van der Waals surface area contributed by atoms with E-state index in [-0.39, 0.29) is 0 Å². The third-order valence-electron chi connectivity index (χ3n) is 3.89. The van der Waals surface area contributed by atoms with Crippen LogP contribution in [0.25, 0.3) is 0 Å². The van der Waals surface area contributed by atoms with E-state index in [2.05, 4.69) is 43.4 Å². The summed E-state index contributed by atoms with van der Waals surface area (Å²) in [6.45, 7) is 6.71. The Hall–Kier alpha value is -1.08. The number of allylic oxidation sites excluding steroid dienone is 1. The second-order valence-corrected chi connectivity index (χ2v) is 5.72. The lowest BCUT2D eigenvalue weighted by Gasteiger charge is -2.06. The molecule has 1 nitrogen and oxygen atoms in total. The smallest absolute Gasteiger partial charge is 0.00142 e. The maximum atomic E-state index is 3.44. The number of hydrogen-bond donors (Lipinski definition) is 1. The van der Waals surface area contributed by atoms with Crippen molar-refractivity contribution in [1.29, 1.82) is 0 Å². The van der Waals surface area contributed by atoms with Crippen LogP contribution in [0.5, 0.6) is 0 Å². The minimum atomic E-state index is 1.11. The summed E-state index contributed by atoms with van der Waals surface area (Å²) >= 11 is 0. The van der Waals surface area contributed by atoms with Crippen molar-refractivity contribution in [3.05, 3.63) is 46.5 Å². The van der Waals surface area contributed by atoms with E-state index < -0.39 is 0 Å². The van der Waals surface area contributed by atoms with Gasteiger partial charge < -0.3 is 5.32 Å². The normalized spacial score (nSPS) is 14.7. The fourth-order valence-electron chi connectivity index (χ4n) is 2.85. The van der Waals surface area contributed by atoms with Gasteiger partial charge in [-0.05, 0) is 75.2 Å². The molecule has 0 bridgehead atoms. The largest absolute Gasteiger partial charge is 0.316 e. The van der Waals surface area contributed by atoms with Crippen molar-refractivity contribution in [2.24, 2.45) is 0 Å². The first-order chi connectivity index (χ1) is 9.29. The van der Waals surface area contributed by atoms with E-state index >= 15 is 0 Å². The van der Waals surface area contributed by atoms with E-state index in [1.54, 1.807) is 11.1 Å². The Bertz CT molecular complexity index is 431. The zero-order chi connectivity index (χ0) is 13.5. The van der Waals surface area contributed by atoms with E-state index in [9.17, 15) is 0 Å². The third-order valence-corrected chi connectivity index (χ3v) is 3.89. The average molecular weight is 257 g/mol. The fraction of sp³-hybridized carbons (Fsp3) is 0.556. The van der Waals surface area contributed by atoms with E-state index in [0.29, 0.717) is 0 Å². The minimum Gasteiger partial charge on any atom is -0.316 e.